The maximum atomic E-state index is 12.5. The Hall–Kier alpha value is -3.88. The third kappa shape index (κ3) is 3.87. The molecular weight excluding hydrogens is 350 g/mol. The predicted octanol–water partition coefficient (Wildman–Crippen LogP) is 2.41. The van der Waals surface area contributed by atoms with Crippen molar-refractivity contribution in [1.29, 1.82) is 0 Å². The molecule has 0 aliphatic rings. The summed E-state index contributed by atoms with van der Waals surface area (Å²) in [7, 11) is 0. The van der Waals surface area contributed by atoms with Crippen LogP contribution >= 0.6 is 0 Å². The van der Waals surface area contributed by atoms with Gasteiger partial charge in [-0.2, -0.15) is 5.10 Å². The lowest BCUT2D eigenvalue weighted by Gasteiger charge is -2.15. The van der Waals surface area contributed by atoms with E-state index in [-0.39, 0.29) is 11.4 Å². The smallest absolute Gasteiger partial charge is 0.292 e. The zero-order chi connectivity index (χ0) is 19.4. The molecule has 0 bridgehead atoms. The van der Waals surface area contributed by atoms with Crippen molar-refractivity contribution in [1.82, 2.24) is 14.8 Å². The molecule has 0 aliphatic carbocycles. The van der Waals surface area contributed by atoms with Gasteiger partial charge in [0.05, 0.1) is 10.6 Å². The Morgan fingerprint density at radius 1 is 1.19 bits per heavy atom. The number of nitrogens with one attached hydrogen (secondary N) is 1. The van der Waals surface area contributed by atoms with Gasteiger partial charge in [-0.05, 0) is 31.2 Å². The molecule has 0 saturated heterocycles. The maximum absolute atomic E-state index is 12.5. The van der Waals surface area contributed by atoms with Gasteiger partial charge in [-0.3, -0.25) is 24.7 Å². The summed E-state index contributed by atoms with van der Waals surface area (Å²) in [6, 6.07) is 11.2. The number of pyridine rings is 1. The summed E-state index contributed by atoms with van der Waals surface area (Å²) in [4.78, 5) is 39.2. The van der Waals surface area contributed by atoms with Gasteiger partial charge in [-0.25, -0.2) is 4.68 Å². The molecule has 0 saturated carbocycles. The van der Waals surface area contributed by atoms with Gasteiger partial charge >= 0.3 is 0 Å². The monoisotopic (exact) mass is 365 g/mol. The first kappa shape index (κ1) is 17.9. The lowest BCUT2D eigenvalue weighted by Crippen LogP contribution is -2.33. The number of nitro groups is 1. The Kier molecular flexibility index (Phi) is 5.02. The molecule has 1 unspecified atom stereocenters. The highest BCUT2D eigenvalue weighted by molar-refractivity contribution is 5.95. The molecular formula is C18H15N5O4. The zero-order valence-electron chi connectivity index (χ0n) is 14.3. The van der Waals surface area contributed by atoms with E-state index in [4.69, 9.17) is 0 Å². The van der Waals surface area contributed by atoms with E-state index in [9.17, 15) is 19.7 Å². The van der Waals surface area contributed by atoms with E-state index in [2.05, 4.69) is 15.4 Å². The number of hydrogen-bond acceptors (Lipinski definition) is 6. The Bertz CT molecular complexity index is 1050. The van der Waals surface area contributed by atoms with Crippen LogP contribution in [0.4, 0.5) is 11.4 Å². The largest absolute Gasteiger partial charge is 0.319 e. The van der Waals surface area contributed by atoms with Crippen LogP contribution < -0.4 is 10.9 Å². The normalized spacial score (nSPS) is 11.6. The van der Waals surface area contributed by atoms with E-state index < -0.39 is 22.4 Å². The number of amides is 1. The molecule has 1 aromatic carbocycles. The van der Waals surface area contributed by atoms with E-state index in [0.29, 0.717) is 11.3 Å². The van der Waals surface area contributed by atoms with Crippen molar-refractivity contribution in [3.63, 3.8) is 0 Å². The summed E-state index contributed by atoms with van der Waals surface area (Å²) < 4.78 is 1.03. The van der Waals surface area contributed by atoms with Crippen molar-refractivity contribution in [3.05, 3.63) is 81.4 Å². The number of aromatic nitrogens is 3. The third-order valence-electron chi connectivity index (χ3n) is 3.89. The first-order chi connectivity index (χ1) is 13.0. The Balaban J connectivity index is 1.90. The average molecular weight is 365 g/mol. The fraction of sp³-hybridized carbons (Fsp3) is 0.111. The number of nitro benzene ring substituents is 1. The average Bonchev–Trinajstić information content (AvgIpc) is 2.68. The Morgan fingerprint density at radius 3 is 2.67 bits per heavy atom. The molecule has 0 radical (unpaired) electrons. The minimum atomic E-state index is -0.978. The Morgan fingerprint density at radius 2 is 1.96 bits per heavy atom. The summed E-state index contributed by atoms with van der Waals surface area (Å²) in [5.74, 6) is -0.595. The van der Waals surface area contributed by atoms with Crippen molar-refractivity contribution < 1.29 is 9.72 Å². The SMILES string of the molecule is CC(C(=O)Nc1ccccc1[N+](=O)[O-])n1nc(-c2cccnc2)ccc1=O. The number of nitrogens with zero attached hydrogens (tertiary/aromatic N) is 4. The van der Waals surface area contributed by atoms with Crippen molar-refractivity contribution in [3.8, 4) is 11.3 Å². The number of carbonyl (C=O) groups excluding carboxylic acids is 1. The van der Waals surface area contributed by atoms with Gasteiger partial charge in [0, 0.05) is 30.1 Å². The molecule has 2 heterocycles. The number of para-hydroxylation sites is 2. The molecule has 9 heteroatoms. The van der Waals surface area contributed by atoms with Gasteiger partial charge in [-0.1, -0.05) is 12.1 Å². The molecule has 1 N–H and O–H groups in total. The molecule has 1 amide bonds. The van der Waals surface area contributed by atoms with Gasteiger partial charge in [0.25, 0.3) is 11.2 Å². The first-order valence-corrected chi connectivity index (χ1v) is 8.02. The van der Waals surface area contributed by atoms with Crippen LogP contribution in [-0.2, 0) is 4.79 Å². The van der Waals surface area contributed by atoms with Crippen LogP contribution in [0, 0.1) is 10.1 Å². The highest BCUT2D eigenvalue weighted by Gasteiger charge is 2.21. The van der Waals surface area contributed by atoms with E-state index in [0.717, 1.165) is 4.68 Å². The number of carbonyl (C=O) groups is 1. The van der Waals surface area contributed by atoms with Crippen molar-refractivity contribution in [2.75, 3.05) is 5.32 Å². The van der Waals surface area contributed by atoms with Crippen LogP contribution in [0.5, 0.6) is 0 Å². The van der Waals surface area contributed by atoms with Crippen LogP contribution in [0.25, 0.3) is 11.3 Å². The Labute approximate surface area is 153 Å². The van der Waals surface area contributed by atoms with Crippen molar-refractivity contribution in [2.45, 2.75) is 13.0 Å². The maximum Gasteiger partial charge on any atom is 0.292 e. The summed E-state index contributed by atoms with van der Waals surface area (Å²) in [5, 5.41) is 17.8. The first-order valence-electron chi connectivity index (χ1n) is 8.02. The predicted molar refractivity (Wildman–Crippen MR) is 98.2 cm³/mol. The minimum Gasteiger partial charge on any atom is -0.319 e. The van der Waals surface area contributed by atoms with Gasteiger partial charge in [0.15, 0.2) is 0 Å². The van der Waals surface area contributed by atoms with Crippen molar-refractivity contribution >= 4 is 17.3 Å². The molecule has 27 heavy (non-hydrogen) atoms. The molecule has 0 aliphatic heterocycles. The molecule has 0 fully saturated rings. The van der Waals surface area contributed by atoms with Crippen LogP contribution in [0.2, 0.25) is 0 Å². The van der Waals surface area contributed by atoms with Gasteiger partial charge in [0.2, 0.25) is 5.91 Å². The molecule has 136 valence electrons. The molecule has 9 nitrogen and oxygen atoms in total. The van der Waals surface area contributed by atoms with Gasteiger partial charge in [0.1, 0.15) is 11.7 Å². The molecule has 1 atom stereocenters. The zero-order valence-corrected chi connectivity index (χ0v) is 14.3. The highest BCUT2D eigenvalue weighted by Crippen LogP contribution is 2.24. The van der Waals surface area contributed by atoms with Crippen LogP contribution in [-0.4, -0.2) is 25.6 Å². The number of rotatable bonds is 5. The fourth-order valence-electron chi connectivity index (χ4n) is 2.46. The van der Waals surface area contributed by atoms with Crippen LogP contribution in [0.15, 0.2) is 65.7 Å². The second-order valence-electron chi connectivity index (χ2n) is 5.68. The number of anilines is 1. The van der Waals surface area contributed by atoms with E-state index in [1.54, 1.807) is 36.7 Å². The quantitative estimate of drug-likeness (QED) is 0.547. The summed E-state index contributed by atoms with van der Waals surface area (Å²) in [6.45, 7) is 1.49. The number of hydrogen-bond donors (Lipinski definition) is 1. The topological polar surface area (TPSA) is 120 Å². The lowest BCUT2D eigenvalue weighted by atomic mass is 10.2. The second kappa shape index (κ2) is 7.56. The molecule has 0 spiro atoms. The summed E-state index contributed by atoms with van der Waals surface area (Å²) in [5.41, 5.74) is 0.525. The fourth-order valence-corrected chi connectivity index (χ4v) is 2.46. The molecule has 2 aromatic heterocycles. The van der Waals surface area contributed by atoms with E-state index >= 15 is 0 Å². The highest BCUT2D eigenvalue weighted by atomic mass is 16.6. The van der Waals surface area contributed by atoms with Crippen LogP contribution in [0.3, 0.4) is 0 Å². The van der Waals surface area contributed by atoms with Crippen molar-refractivity contribution in [2.24, 2.45) is 0 Å². The molecule has 3 aromatic rings. The minimum absolute atomic E-state index is 0.0517. The summed E-state index contributed by atoms with van der Waals surface area (Å²) >= 11 is 0. The van der Waals surface area contributed by atoms with Gasteiger partial charge < -0.3 is 5.32 Å². The number of benzene rings is 1. The standard InChI is InChI=1S/C18H15N5O4/c1-12(18(25)20-15-6-2-3-7-16(15)23(26)27)22-17(24)9-8-14(21-22)13-5-4-10-19-11-13/h2-12H,1H3,(H,20,25). The van der Waals surface area contributed by atoms with E-state index in [1.807, 2.05) is 0 Å². The van der Waals surface area contributed by atoms with Crippen LogP contribution in [0.1, 0.15) is 13.0 Å². The molecule has 3 rings (SSSR count). The second-order valence-corrected chi connectivity index (χ2v) is 5.68. The third-order valence-corrected chi connectivity index (χ3v) is 3.89. The van der Waals surface area contributed by atoms with Gasteiger partial charge in [-0.15, -0.1) is 0 Å². The summed E-state index contributed by atoms with van der Waals surface area (Å²) in [6.07, 6.45) is 3.21. The van der Waals surface area contributed by atoms with E-state index in [1.165, 1.54) is 31.2 Å². The lowest BCUT2D eigenvalue weighted by molar-refractivity contribution is -0.383.